The second-order valence-electron chi connectivity index (χ2n) is 4.56. The Morgan fingerprint density at radius 1 is 1.37 bits per heavy atom. The Morgan fingerprint density at radius 3 is 2.79 bits per heavy atom. The molecular formula is C14H18N4O. The first-order valence-corrected chi connectivity index (χ1v) is 6.44. The van der Waals surface area contributed by atoms with Gasteiger partial charge in [-0.15, -0.1) is 5.10 Å². The molecule has 1 heterocycles. The first-order chi connectivity index (χ1) is 9.24. The third kappa shape index (κ3) is 3.06. The van der Waals surface area contributed by atoms with E-state index in [0.29, 0.717) is 12.2 Å². The van der Waals surface area contributed by atoms with E-state index in [0.717, 1.165) is 18.5 Å². The van der Waals surface area contributed by atoms with Crippen molar-refractivity contribution in [3.8, 4) is 5.69 Å². The van der Waals surface area contributed by atoms with Crippen molar-refractivity contribution < 1.29 is 4.79 Å². The van der Waals surface area contributed by atoms with Crippen LogP contribution in [-0.4, -0.2) is 27.3 Å². The van der Waals surface area contributed by atoms with Crippen LogP contribution in [0, 0.1) is 5.92 Å². The van der Waals surface area contributed by atoms with Crippen LogP contribution >= 0.6 is 0 Å². The summed E-state index contributed by atoms with van der Waals surface area (Å²) in [4.78, 5) is 12.4. The van der Waals surface area contributed by atoms with E-state index in [1.54, 1.807) is 4.68 Å². The summed E-state index contributed by atoms with van der Waals surface area (Å²) in [6, 6.07) is 9.53. The lowest BCUT2D eigenvalue weighted by molar-refractivity contribution is 0.0915. The topological polar surface area (TPSA) is 73.8 Å². The minimum Gasteiger partial charge on any atom is -0.330 e. The standard InChI is InChI=1S/C14H18N4O/c1-11(6-5-9-15)14(19)13-10-16-17-18(13)12-7-3-2-4-8-12/h2-4,7-8,10-11H,5-6,9,15H2,1H3. The SMILES string of the molecule is CC(CCCN)C(=O)c1cnnn1-c1ccccc1. The van der Waals surface area contributed by atoms with Gasteiger partial charge >= 0.3 is 0 Å². The number of nitrogens with two attached hydrogens (primary N) is 1. The van der Waals surface area contributed by atoms with Crippen LogP contribution in [0.2, 0.25) is 0 Å². The van der Waals surface area contributed by atoms with Crippen LogP contribution in [-0.2, 0) is 0 Å². The Hall–Kier alpha value is -2.01. The molecule has 0 amide bonds. The monoisotopic (exact) mass is 258 g/mol. The average molecular weight is 258 g/mol. The fraction of sp³-hybridized carbons (Fsp3) is 0.357. The number of carbonyl (C=O) groups is 1. The fourth-order valence-corrected chi connectivity index (χ4v) is 1.97. The second-order valence-corrected chi connectivity index (χ2v) is 4.56. The number of para-hydroxylation sites is 1. The summed E-state index contributed by atoms with van der Waals surface area (Å²) in [5.41, 5.74) is 6.84. The molecule has 0 aliphatic heterocycles. The fourth-order valence-electron chi connectivity index (χ4n) is 1.97. The molecule has 2 rings (SSSR count). The van der Waals surface area contributed by atoms with E-state index in [2.05, 4.69) is 10.3 Å². The Balaban J connectivity index is 2.22. The third-order valence-corrected chi connectivity index (χ3v) is 3.09. The lowest BCUT2D eigenvalue weighted by Crippen LogP contribution is -2.17. The molecule has 1 unspecified atom stereocenters. The van der Waals surface area contributed by atoms with Gasteiger partial charge in [-0.2, -0.15) is 0 Å². The minimum absolute atomic E-state index is 0.0577. The van der Waals surface area contributed by atoms with Gasteiger partial charge in [0.15, 0.2) is 5.78 Å². The number of nitrogens with zero attached hydrogens (tertiary/aromatic N) is 3. The highest BCUT2D eigenvalue weighted by Gasteiger charge is 2.20. The molecule has 1 aromatic heterocycles. The van der Waals surface area contributed by atoms with Crippen LogP contribution in [0.5, 0.6) is 0 Å². The molecule has 2 N–H and O–H groups in total. The van der Waals surface area contributed by atoms with E-state index in [1.807, 2.05) is 37.3 Å². The molecule has 2 aromatic rings. The number of ketones is 1. The Bertz CT molecular complexity index is 535. The molecule has 0 aliphatic rings. The first kappa shape index (κ1) is 13.4. The van der Waals surface area contributed by atoms with Crippen LogP contribution < -0.4 is 5.73 Å². The van der Waals surface area contributed by atoms with E-state index in [-0.39, 0.29) is 11.7 Å². The van der Waals surface area contributed by atoms with Gasteiger partial charge in [-0.25, -0.2) is 4.68 Å². The van der Waals surface area contributed by atoms with Gasteiger partial charge in [-0.1, -0.05) is 30.3 Å². The molecular weight excluding hydrogens is 240 g/mol. The molecule has 1 atom stereocenters. The van der Waals surface area contributed by atoms with Crippen molar-refractivity contribution in [3.05, 3.63) is 42.2 Å². The largest absolute Gasteiger partial charge is 0.330 e. The van der Waals surface area contributed by atoms with Gasteiger partial charge in [-0.05, 0) is 31.5 Å². The molecule has 0 saturated heterocycles. The normalized spacial score (nSPS) is 12.3. The second kappa shape index (κ2) is 6.24. The Labute approximate surface area is 112 Å². The molecule has 5 heteroatoms. The molecule has 100 valence electrons. The Kier molecular flexibility index (Phi) is 4.41. The highest BCUT2D eigenvalue weighted by atomic mass is 16.1. The third-order valence-electron chi connectivity index (χ3n) is 3.09. The summed E-state index contributed by atoms with van der Waals surface area (Å²) in [6.07, 6.45) is 3.16. The summed E-state index contributed by atoms with van der Waals surface area (Å²) in [5.74, 6) is -0.00758. The van der Waals surface area contributed by atoms with Crippen molar-refractivity contribution in [3.63, 3.8) is 0 Å². The lowest BCUT2D eigenvalue weighted by atomic mass is 9.98. The molecule has 0 spiro atoms. The van der Waals surface area contributed by atoms with E-state index in [9.17, 15) is 4.79 Å². The molecule has 0 fully saturated rings. The van der Waals surface area contributed by atoms with Crippen LogP contribution in [0.4, 0.5) is 0 Å². The predicted octanol–water partition coefficient (Wildman–Crippen LogP) is 1.82. The first-order valence-electron chi connectivity index (χ1n) is 6.44. The van der Waals surface area contributed by atoms with Crippen molar-refractivity contribution in [2.75, 3.05) is 6.54 Å². The highest BCUT2D eigenvalue weighted by molar-refractivity contribution is 5.96. The molecule has 19 heavy (non-hydrogen) atoms. The van der Waals surface area contributed by atoms with Crippen molar-refractivity contribution >= 4 is 5.78 Å². The van der Waals surface area contributed by atoms with E-state index < -0.39 is 0 Å². The zero-order valence-electron chi connectivity index (χ0n) is 11.0. The van der Waals surface area contributed by atoms with Crippen molar-refractivity contribution in [2.24, 2.45) is 11.7 Å². The number of hydrogen-bond donors (Lipinski definition) is 1. The quantitative estimate of drug-likeness (QED) is 0.802. The summed E-state index contributed by atoms with van der Waals surface area (Å²) >= 11 is 0. The summed E-state index contributed by atoms with van der Waals surface area (Å²) in [5, 5.41) is 7.84. The lowest BCUT2D eigenvalue weighted by Gasteiger charge is -2.10. The molecule has 0 aliphatic carbocycles. The van der Waals surface area contributed by atoms with Crippen LogP contribution in [0.15, 0.2) is 36.5 Å². The summed E-state index contributed by atoms with van der Waals surface area (Å²) in [7, 11) is 0. The zero-order chi connectivity index (χ0) is 13.7. The number of hydrogen-bond acceptors (Lipinski definition) is 4. The zero-order valence-corrected chi connectivity index (χ0v) is 11.0. The van der Waals surface area contributed by atoms with E-state index in [4.69, 9.17) is 5.73 Å². The maximum atomic E-state index is 12.4. The summed E-state index contributed by atoms with van der Waals surface area (Å²) < 4.78 is 1.58. The van der Waals surface area contributed by atoms with Crippen molar-refractivity contribution in [1.82, 2.24) is 15.0 Å². The van der Waals surface area contributed by atoms with Gasteiger partial charge in [-0.3, -0.25) is 4.79 Å². The van der Waals surface area contributed by atoms with Crippen LogP contribution in [0.1, 0.15) is 30.3 Å². The molecule has 0 radical (unpaired) electrons. The predicted molar refractivity (Wildman–Crippen MR) is 73.1 cm³/mol. The summed E-state index contributed by atoms with van der Waals surface area (Å²) in [6.45, 7) is 2.52. The van der Waals surface area contributed by atoms with Gasteiger partial charge in [0.05, 0.1) is 11.9 Å². The van der Waals surface area contributed by atoms with Gasteiger partial charge < -0.3 is 5.73 Å². The van der Waals surface area contributed by atoms with E-state index >= 15 is 0 Å². The maximum absolute atomic E-state index is 12.4. The maximum Gasteiger partial charge on any atom is 0.185 e. The van der Waals surface area contributed by atoms with Gasteiger partial charge in [0.1, 0.15) is 5.69 Å². The van der Waals surface area contributed by atoms with Crippen LogP contribution in [0.3, 0.4) is 0 Å². The molecule has 5 nitrogen and oxygen atoms in total. The van der Waals surface area contributed by atoms with E-state index in [1.165, 1.54) is 6.20 Å². The van der Waals surface area contributed by atoms with Gasteiger partial charge in [0, 0.05) is 5.92 Å². The molecule has 1 aromatic carbocycles. The smallest absolute Gasteiger partial charge is 0.185 e. The number of carbonyl (C=O) groups excluding carboxylic acids is 1. The molecule has 0 bridgehead atoms. The molecule has 0 saturated carbocycles. The number of benzene rings is 1. The number of Topliss-reactive ketones (excluding diaryl/α,β-unsaturated/α-hetero) is 1. The average Bonchev–Trinajstić information content (AvgIpc) is 2.94. The Morgan fingerprint density at radius 2 is 2.11 bits per heavy atom. The number of rotatable bonds is 6. The highest BCUT2D eigenvalue weighted by Crippen LogP contribution is 2.15. The van der Waals surface area contributed by atoms with Gasteiger partial charge in [0.25, 0.3) is 0 Å². The van der Waals surface area contributed by atoms with Crippen molar-refractivity contribution in [2.45, 2.75) is 19.8 Å². The minimum atomic E-state index is -0.0653. The van der Waals surface area contributed by atoms with Crippen LogP contribution in [0.25, 0.3) is 5.69 Å². The van der Waals surface area contributed by atoms with Gasteiger partial charge in [0.2, 0.25) is 0 Å². The number of aromatic nitrogens is 3. The van der Waals surface area contributed by atoms with Crippen molar-refractivity contribution in [1.29, 1.82) is 0 Å².